The number of methoxy groups -OCH3 is 1. The Morgan fingerprint density at radius 3 is 2.36 bits per heavy atom. The van der Waals surface area contributed by atoms with Gasteiger partial charge in [-0.3, -0.25) is 4.79 Å². The Kier molecular flexibility index (Phi) is 6.05. The predicted molar refractivity (Wildman–Crippen MR) is 108 cm³/mol. The number of hydrogen-bond acceptors (Lipinski definition) is 4. The minimum Gasteiger partial charge on any atom is -0.496 e. The minimum absolute atomic E-state index is 0.222. The first-order valence-electron chi connectivity index (χ1n) is 9.38. The Balaban J connectivity index is 1.74. The van der Waals surface area contributed by atoms with E-state index < -0.39 is 10.0 Å². The maximum Gasteiger partial charge on any atom is 0.251 e. The van der Waals surface area contributed by atoms with Gasteiger partial charge in [-0.05, 0) is 57.0 Å². The maximum atomic E-state index is 12.6. The number of ether oxygens (including phenoxy) is 1. The van der Waals surface area contributed by atoms with Gasteiger partial charge in [0.05, 0.1) is 18.0 Å². The van der Waals surface area contributed by atoms with Gasteiger partial charge in [0, 0.05) is 24.2 Å². The van der Waals surface area contributed by atoms with E-state index in [9.17, 15) is 13.2 Å². The number of nitrogens with zero attached hydrogens (tertiary/aromatic N) is 1. The van der Waals surface area contributed by atoms with E-state index in [0.29, 0.717) is 24.4 Å². The Bertz CT molecular complexity index is 949. The number of rotatable bonds is 6. The third-order valence-corrected chi connectivity index (χ3v) is 6.93. The summed E-state index contributed by atoms with van der Waals surface area (Å²) in [4.78, 5) is 12.8. The summed E-state index contributed by atoms with van der Waals surface area (Å²) in [5.74, 6) is 0.451. The molecule has 1 amide bonds. The molecule has 1 aliphatic heterocycles. The molecular formula is C21H26N2O4S. The largest absolute Gasteiger partial charge is 0.496 e. The zero-order valence-electron chi connectivity index (χ0n) is 16.4. The Hall–Kier alpha value is -2.38. The van der Waals surface area contributed by atoms with Crippen molar-refractivity contribution >= 4 is 15.9 Å². The normalized spacial score (nSPS) is 16.0. The highest BCUT2D eigenvalue weighted by atomic mass is 32.2. The lowest BCUT2D eigenvalue weighted by molar-refractivity contribution is 0.0939. The summed E-state index contributed by atoms with van der Waals surface area (Å²) in [6.07, 6.45) is 1.78. The highest BCUT2D eigenvalue weighted by Gasteiger charge is 2.27. The number of carbonyl (C=O) groups is 1. The third kappa shape index (κ3) is 4.20. The first kappa shape index (κ1) is 20.4. The van der Waals surface area contributed by atoms with Crippen molar-refractivity contribution < 1.29 is 17.9 Å². The number of hydrogen-bond donors (Lipinski definition) is 1. The molecule has 1 fully saturated rings. The molecule has 2 aromatic carbocycles. The monoisotopic (exact) mass is 402 g/mol. The van der Waals surface area contributed by atoms with Crippen LogP contribution in [0, 0.1) is 6.92 Å². The number of carbonyl (C=O) groups excluding carboxylic acids is 1. The van der Waals surface area contributed by atoms with Crippen molar-refractivity contribution in [3.63, 3.8) is 0 Å². The van der Waals surface area contributed by atoms with Crippen LogP contribution >= 0.6 is 0 Å². The van der Waals surface area contributed by atoms with Gasteiger partial charge in [0.15, 0.2) is 0 Å². The molecule has 0 bridgehead atoms. The minimum atomic E-state index is -3.48. The molecule has 2 aromatic rings. The molecule has 6 nitrogen and oxygen atoms in total. The Morgan fingerprint density at radius 2 is 1.75 bits per heavy atom. The van der Waals surface area contributed by atoms with E-state index in [4.69, 9.17) is 4.74 Å². The number of sulfonamides is 1. The highest BCUT2D eigenvalue weighted by Crippen LogP contribution is 2.26. The van der Waals surface area contributed by atoms with Crippen molar-refractivity contribution in [1.29, 1.82) is 0 Å². The molecule has 0 aromatic heterocycles. The van der Waals surface area contributed by atoms with Gasteiger partial charge >= 0.3 is 0 Å². The van der Waals surface area contributed by atoms with Gasteiger partial charge < -0.3 is 10.1 Å². The molecule has 1 saturated heterocycles. The Labute approximate surface area is 166 Å². The zero-order valence-corrected chi connectivity index (χ0v) is 17.3. The second kappa shape index (κ2) is 8.32. The average Bonchev–Trinajstić information content (AvgIpc) is 3.23. The van der Waals surface area contributed by atoms with Crippen molar-refractivity contribution in [3.05, 3.63) is 59.2 Å². The maximum absolute atomic E-state index is 12.6. The van der Waals surface area contributed by atoms with Crippen LogP contribution in [0.1, 0.15) is 47.3 Å². The fourth-order valence-corrected chi connectivity index (χ4v) is 4.92. The van der Waals surface area contributed by atoms with E-state index in [0.717, 1.165) is 24.0 Å². The molecule has 0 radical (unpaired) electrons. The summed E-state index contributed by atoms with van der Waals surface area (Å²) in [5, 5.41) is 2.95. The van der Waals surface area contributed by atoms with E-state index in [1.54, 1.807) is 19.2 Å². The number of nitrogens with one attached hydrogen (secondary N) is 1. The van der Waals surface area contributed by atoms with Gasteiger partial charge in [-0.1, -0.05) is 17.7 Å². The van der Waals surface area contributed by atoms with Crippen LogP contribution in [-0.4, -0.2) is 38.8 Å². The van der Waals surface area contributed by atoms with Crippen molar-refractivity contribution in [1.82, 2.24) is 9.62 Å². The first-order valence-corrected chi connectivity index (χ1v) is 10.8. The summed E-state index contributed by atoms with van der Waals surface area (Å²) >= 11 is 0. The second-order valence-electron chi connectivity index (χ2n) is 7.08. The molecule has 150 valence electrons. The molecule has 1 heterocycles. The lowest BCUT2D eigenvalue weighted by Crippen LogP contribution is -2.28. The van der Waals surface area contributed by atoms with E-state index in [2.05, 4.69) is 5.32 Å². The smallest absolute Gasteiger partial charge is 0.251 e. The fraction of sp³-hybridized carbons (Fsp3) is 0.381. The van der Waals surface area contributed by atoms with E-state index in [1.165, 1.54) is 16.4 Å². The van der Waals surface area contributed by atoms with E-state index in [-0.39, 0.29) is 16.8 Å². The highest BCUT2D eigenvalue weighted by molar-refractivity contribution is 7.89. The van der Waals surface area contributed by atoms with Crippen LogP contribution in [0.2, 0.25) is 0 Å². The van der Waals surface area contributed by atoms with Gasteiger partial charge in [0.25, 0.3) is 5.91 Å². The molecule has 3 rings (SSSR count). The molecule has 1 aliphatic rings. The van der Waals surface area contributed by atoms with E-state index >= 15 is 0 Å². The molecule has 1 N–H and O–H groups in total. The van der Waals surface area contributed by atoms with Crippen LogP contribution in [0.4, 0.5) is 0 Å². The number of aryl methyl sites for hydroxylation is 1. The lowest BCUT2D eigenvalue weighted by Gasteiger charge is -2.18. The van der Waals surface area contributed by atoms with Crippen LogP contribution in [0.5, 0.6) is 5.75 Å². The standard InChI is InChI=1S/C21H26N2O4S/c1-15-6-11-20(27-3)19(14-15)16(2)22-21(24)17-7-9-18(10-8-17)28(25,26)23-12-4-5-13-23/h6-11,14,16H,4-5,12-13H2,1-3H3,(H,22,24)/t16-/m1/s1. The van der Waals surface area contributed by atoms with Gasteiger partial charge in [0.1, 0.15) is 5.75 Å². The van der Waals surface area contributed by atoms with Crippen molar-refractivity contribution in [2.45, 2.75) is 37.6 Å². The van der Waals surface area contributed by atoms with Crippen molar-refractivity contribution in [2.24, 2.45) is 0 Å². The second-order valence-corrected chi connectivity index (χ2v) is 9.01. The SMILES string of the molecule is COc1ccc(C)cc1[C@@H](C)NC(=O)c1ccc(S(=O)(=O)N2CCCC2)cc1. The predicted octanol–water partition coefficient (Wildman–Crippen LogP) is 3.28. The Morgan fingerprint density at radius 1 is 1.11 bits per heavy atom. The molecule has 0 saturated carbocycles. The first-order chi connectivity index (χ1) is 13.3. The van der Waals surface area contributed by atoms with Crippen molar-refractivity contribution in [3.8, 4) is 5.75 Å². The van der Waals surface area contributed by atoms with Crippen LogP contribution in [-0.2, 0) is 10.0 Å². The lowest BCUT2D eigenvalue weighted by atomic mass is 10.0. The van der Waals surface area contributed by atoms with Crippen LogP contribution < -0.4 is 10.1 Å². The van der Waals surface area contributed by atoms with Crippen LogP contribution in [0.25, 0.3) is 0 Å². The summed E-state index contributed by atoms with van der Waals surface area (Å²) < 4.78 is 32.1. The molecule has 0 spiro atoms. The quantitative estimate of drug-likeness (QED) is 0.805. The third-order valence-electron chi connectivity index (χ3n) is 5.02. The van der Waals surface area contributed by atoms with E-state index in [1.807, 2.05) is 32.0 Å². The van der Waals surface area contributed by atoms with Gasteiger partial charge in [0.2, 0.25) is 10.0 Å². The molecular weight excluding hydrogens is 376 g/mol. The summed E-state index contributed by atoms with van der Waals surface area (Å²) in [5.41, 5.74) is 2.39. The fourth-order valence-electron chi connectivity index (χ4n) is 3.41. The number of benzene rings is 2. The topological polar surface area (TPSA) is 75.7 Å². The average molecular weight is 403 g/mol. The van der Waals surface area contributed by atoms with Crippen LogP contribution in [0.15, 0.2) is 47.4 Å². The van der Waals surface area contributed by atoms with Crippen molar-refractivity contribution in [2.75, 3.05) is 20.2 Å². The molecule has 1 atom stereocenters. The van der Waals surface area contributed by atoms with Gasteiger partial charge in [-0.15, -0.1) is 0 Å². The molecule has 7 heteroatoms. The number of amides is 1. The molecule has 0 aliphatic carbocycles. The van der Waals surface area contributed by atoms with Gasteiger partial charge in [-0.2, -0.15) is 4.31 Å². The summed E-state index contributed by atoms with van der Waals surface area (Å²) in [7, 11) is -1.88. The van der Waals surface area contributed by atoms with Crippen LogP contribution in [0.3, 0.4) is 0 Å². The summed E-state index contributed by atoms with van der Waals surface area (Å²) in [6, 6.07) is 11.7. The molecule has 0 unspecified atom stereocenters. The zero-order chi connectivity index (χ0) is 20.3. The van der Waals surface area contributed by atoms with Gasteiger partial charge in [-0.25, -0.2) is 8.42 Å². The molecule has 28 heavy (non-hydrogen) atoms. The summed E-state index contributed by atoms with van der Waals surface area (Å²) in [6.45, 7) is 4.99.